The first-order chi connectivity index (χ1) is 38.0. The first-order valence-corrected chi connectivity index (χ1v) is 36.9. The number of amides is 1. The summed E-state index contributed by atoms with van der Waals surface area (Å²) in [5.41, 5.74) is 0. The van der Waals surface area contributed by atoms with Crippen molar-refractivity contribution in [2.24, 2.45) is 0 Å². The van der Waals surface area contributed by atoms with Gasteiger partial charge in [0, 0.05) is 6.42 Å². The summed E-state index contributed by atoms with van der Waals surface area (Å²) in [5.74, 6) is -0.133. The number of quaternary nitrogens is 1. The Morgan fingerprint density at radius 2 is 0.615 bits per heavy atom. The van der Waals surface area contributed by atoms with E-state index >= 15 is 0 Å². The van der Waals surface area contributed by atoms with E-state index in [1.54, 1.807) is 0 Å². The Morgan fingerprint density at radius 1 is 0.385 bits per heavy atom. The van der Waals surface area contributed by atoms with E-state index in [0.29, 0.717) is 23.9 Å². The summed E-state index contributed by atoms with van der Waals surface area (Å²) in [6.07, 6.45) is 76.5. The number of likely N-dealkylation sites (N-methyl/N-ethyl adjacent to an activating group) is 1. The fraction of sp³-hybridized carbons (Fsp3) is 0.986. The predicted molar refractivity (Wildman–Crippen MR) is 342 cm³/mol. The average Bonchev–Trinajstić information content (AvgIpc) is 3.41. The number of hydrogen-bond donors (Lipinski definition) is 3. The third-order valence-electron chi connectivity index (χ3n) is 16.9. The SMILES string of the molecule is CCCCCCCCCCCCCCCCCCCCCCCCCCCCCCCCCCCCCCC(=O)NC(COP(=O)(O)OCC[N+](C)(C)C)C(O)CCCCCCCCCCCCCCCCCCCCCC. The van der Waals surface area contributed by atoms with E-state index in [0.717, 1.165) is 38.5 Å². The largest absolute Gasteiger partial charge is 0.472 e. The first kappa shape index (κ1) is 77.5. The molecule has 0 aromatic rings. The highest BCUT2D eigenvalue weighted by Crippen LogP contribution is 2.43. The van der Waals surface area contributed by atoms with Gasteiger partial charge in [-0.15, -0.1) is 0 Å². The molecular formula is C69H142N2O6P+. The maximum absolute atomic E-state index is 13.1. The topological polar surface area (TPSA) is 105 Å². The second-order valence-corrected chi connectivity index (χ2v) is 27.4. The van der Waals surface area contributed by atoms with Crippen LogP contribution in [0.2, 0.25) is 0 Å². The smallest absolute Gasteiger partial charge is 0.391 e. The first-order valence-electron chi connectivity index (χ1n) is 35.4. The molecule has 0 bridgehead atoms. The summed E-state index contributed by atoms with van der Waals surface area (Å²) in [6, 6.07) is -0.756. The Morgan fingerprint density at radius 3 is 0.859 bits per heavy atom. The molecule has 3 N–H and O–H groups in total. The lowest BCUT2D eigenvalue weighted by molar-refractivity contribution is -0.870. The van der Waals surface area contributed by atoms with Crippen molar-refractivity contribution in [2.75, 3.05) is 40.9 Å². The van der Waals surface area contributed by atoms with Crippen molar-refractivity contribution in [1.29, 1.82) is 0 Å². The van der Waals surface area contributed by atoms with Crippen LogP contribution in [0.1, 0.15) is 386 Å². The van der Waals surface area contributed by atoms with Gasteiger partial charge in [0.05, 0.1) is 39.9 Å². The molecule has 0 fully saturated rings. The van der Waals surface area contributed by atoms with Gasteiger partial charge in [-0.05, 0) is 12.8 Å². The van der Waals surface area contributed by atoms with Crippen LogP contribution < -0.4 is 5.32 Å². The number of nitrogens with one attached hydrogen (secondary N) is 1. The minimum Gasteiger partial charge on any atom is -0.391 e. The van der Waals surface area contributed by atoms with Crippen molar-refractivity contribution >= 4 is 13.7 Å². The van der Waals surface area contributed by atoms with Gasteiger partial charge in [0.1, 0.15) is 13.2 Å². The molecule has 0 aliphatic carbocycles. The second kappa shape index (κ2) is 61.1. The van der Waals surface area contributed by atoms with Crippen LogP contribution in [0.3, 0.4) is 0 Å². The Labute approximate surface area is 489 Å². The van der Waals surface area contributed by atoms with Gasteiger partial charge in [0.2, 0.25) is 5.91 Å². The van der Waals surface area contributed by atoms with Gasteiger partial charge >= 0.3 is 7.82 Å². The molecule has 468 valence electrons. The molecule has 1 amide bonds. The molecule has 78 heavy (non-hydrogen) atoms. The molecule has 0 saturated carbocycles. The Bertz CT molecular complexity index is 1230. The third-order valence-corrected chi connectivity index (χ3v) is 17.8. The van der Waals surface area contributed by atoms with Crippen molar-refractivity contribution in [3.63, 3.8) is 0 Å². The molecule has 0 radical (unpaired) electrons. The monoisotopic (exact) mass is 1130 g/mol. The molecule has 0 aliphatic rings. The zero-order valence-corrected chi connectivity index (χ0v) is 54.6. The quantitative estimate of drug-likeness (QED) is 0.0318. The summed E-state index contributed by atoms with van der Waals surface area (Å²) in [7, 11) is 1.64. The van der Waals surface area contributed by atoms with Crippen molar-refractivity contribution in [2.45, 2.75) is 398 Å². The van der Waals surface area contributed by atoms with Crippen LogP contribution in [0.25, 0.3) is 0 Å². The highest BCUT2D eigenvalue weighted by Gasteiger charge is 2.28. The van der Waals surface area contributed by atoms with Crippen LogP contribution in [0, 0.1) is 0 Å². The molecule has 0 aromatic heterocycles. The fourth-order valence-electron chi connectivity index (χ4n) is 11.3. The van der Waals surface area contributed by atoms with Crippen LogP contribution in [-0.4, -0.2) is 73.4 Å². The van der Waals surface area contributed by atoms with Crippen LogP contribution in [-0.2, 0) is 18.4 Å². The van der Waals surface area contributed by atoms with Crippen LogP contribution in [0.5, 0.6) is 0 Å². The molecule has 3 unspecified atom stereocenters. The van der Waals surface area contributed by atoms with Gasteiger partial charge in [-0.2, -0.15) is 0 Å². The zero-order valence-electron chi connectivity index (χ0n) is 53.7. The van der Waals surface area contributed by atoms with Crippen molar-refractivity contribution in [3.05, 3.63) is 0 Å². The Hall–Kier alpha value is -0.500. The fourth-order valence-corrected chi connectivity index (χ4v) is 12.1. The maximum Gasteiger partial charge on any atom is 0.472 e. The number of carbonyl (C=O) groups is 1. The second-order valence-electron chi connectivity index (χ2n) is 26.0. The minimum absolute atomic E-state index is 0.0794. The summed E-state index contributed by atoms with van der Waals surface area (Å²) in [4.78, 5) is 23.4. The van der Waals surface area contributed by atoms with E-state index in [-0.39, 0.29) is 19.1 Å². The molecule has 3 atom stereocenters. The summed E-state index contributed by atoms with van der Waals surface area (Å²) >= 11 is 0. The van der Waals surface area contributed by atoms with Crippen LogP contribution >= 0.6 is 7.82 Å². The number of aliphatic hydroxyl groups excluding tert-OH is 1. The lowest BCUT2D eigenvalue weighted by atomic mass is 10.0. The molecule has 0 aromatic carbocycles. The van der Waals surface area contributed by atoms with E-state index in [9.17, 15) is 19.4 Å². The summed E-state index contributed by atoms with van der Waals surface area (Å²) in [5, 5.41) is 14.1. The van der Waals surface area contributed by atoms with Crippen molar-refractivity contribution in [1.82, 2.24) is 5.32 Å². The van der Waals surface area contributed by atoms with Crippen LogP contribution in [0.15, 0.2) is 0 Å². The number of carbonyl (C=O) groups excluding carboxylic acids is 1. The molecule has 0 rings (SSSR count). The number of phosphoric acid groups is 1. The molecule has 8 nitrogen and oxygen atoms in total. The average molecular weight is 1130 g/mol. The van der Waals surface area contributed by atoms with Gasteiger partial charge in [-0.3, -0.25) is 13.8 Å². The number of hydrogen-bond acceptors (Lipinski definition) is 5. The van der Waals surface area contributed by atoms with Gasteiger partial charge in [-0.1, -0.05) is 367 Å². The summed E-state index contributed by atoms with van der Waals surface area (Å²) < 4.78 is 23.9. The van der Waals surface area contributed by atoms with Gasteiger partial charge < -0.3 is 19.8 Å². The highest BCUT2D eigenvalue weighted by atomic mass is 31.2. The molecule has 0 saturated heterocycles. The van der Waals surface area contributed by atoms with E-state index in [1.165, 1.54) is 321 Å². The Kier molecular flexibility index (Phi) is 60.7. The molecule has 0 aliphatic heterocycles. The van der Waals surface area contributed by atoms with Crippen molar-refractivity contribution < 1.29 is 32.9 Å². The van der Waals surface area contributed by atoms with E-state index in [1.807, 2.05) is 21.1 Å². The standard InChI is InChI=1S/C69H141N2O6P/c1-6-8-10-12-14-16-18-20-22-24-26-28-29-30-31-32-33-34-35-36-37-38-39-40-41-42-43-45-47-49-51-53-55-57-59-61-63-69(73)70-67(66-77-78(74,75)76-65-64-71(3,4)5)68(72)62-60-58-56-54-52-50-48-46-44-27-25-23-21-19-17-15-13-11-9-7-2/h67-68,72H,6-66H2,1-5H3,(H-,70,73,74,75)/p+1. The predicted octanol–water partition coefficient (Wildman–Crippen LogP) is 22.3. The summed E-state index contributed by atoms with van der Waals surface area (Å²) in [6.45, 7) is 4.96. The number of phosphoric ester groups is 1. The number of nitrogens with zero attached hydrogens (tertiary/aromatic N) is 1. The van der Waals surface area contributed by atoms with Gasteiger partial charge in [0.15, 0.2) is 0 Å². The Balaban J connectivity index is 3.90. The maximum atomic E-state index is 13.1. The van der Waals surface area contributed by atoms with Crippen molar-refractivity contribution in [3.8, 4) is 0 Å². The highest BCUT2D eigenvalue weighted by molar-refractivity contribution is 7.47. The molecule has 0 heterocycles. The zero-order chi connectivity index (χ0) is 57.0. The minimum atomic E-state index is -4.32. The lowest BCUT2D eigenvalue weighted by Gasteiger charge is -2.26. The van der Waals surface area contributed by atoms with E-state index in [4.69, 9.17) is 9.05 Å². The normalized spacial score (nSPS) is 13.6. The molecule has 0 spiro atoms. The third kappa shape index (κ3) is 63.1. The lowest BCUT2D eigenvalue weighted by Crippen LogP contribution is -2.46. The number of unbranched alkanes of at least 4 members (excludes halogenated alkanes) is 54. The number of rotatable bonds is 67. The molecular weight excluding hydrogens is 984 g/mol. The van der Waals surface area contributed by atoms with Gasteiger partial charge in [-0.25, -0.2) is 4.57 Å². The molecule has 9 heteroatoms. The van der Waals surface area contributed by atoms with Crippen LogP contribution in [0.4, 0.5) is 0 Å². The van der Waals surface area contributed by atoms with E-state index in [2.05, 4.69) is 19.2 Å². The number of aliphatic hydroxyl groups is 1. The van der Waals surface area contributed by atoms with E-state index < -0.39 is 20.0 Å². The van der Waals surface area contributed by atoms with Gasteiger partial charge in [0.25, 0.3) is 0 Å².